The molecule has 10 heteroatoms. The van der Waals surface area contributed by atoms with Crippen molar-refractivity contribution in [1.29, 1.82) is 0 Å². The minimum Gasteiger partial charge on any atom is -0.394 e. The van der Waals surface area contributed by atoms with Gasteiger partial charge in [-0.15, -0.1) is 21.5 Å². The monoisotopic (exact) mass is 496 g/mol. The molecule has 0 aliphatic carbocycles. The summed E-state index contributed by atoms with van der Waals surface area (Å²) in [7, 11) is 0. The van der Waals surface area contributed by atoms with Gasteiger partial charge in [0.25, 0.3) is 0 Å². The van der Waals surface area contributed by atoms with E-state index in [0.29, 0.717) is 28.5 Å². The summed E-state index contributed by atoms with van der Waals surface area (Å²) in [5.41, 5.74) is 2.42. The van der Waals surface area contributed by atoms with Crippen molar-refractivity contribution < 1.29 is 25.2 Å². The molecule has 0 spiro atoms. The van der Waals surface area contributed by atoms with Crippen LogP contribution in [0.3, 0.4) is 0 Å². The second-order valence-corrected chi connectivity index (χ2v) is 9.66. The number of hydrogen-bond acceptors (Lipinski definition) is 8. The molecule has 32 heavy (non-hydrogen) atoms. The summed E-state index contributed by atoms with van der Waals surface area (Å²) in [4.78, 5) is 0. The van der Waals surface area contributed by atoms with E-state index in [1.165, 1.54) is 11.3 Å². The van der Waals surface area contributed by atoms with E-state index in [2.05, 4.69) is 10.2 Å². The van der Waals surface area contributed by atoms with Crippen molar-refractivity contribution >= 4 is 34.5 Å². The Morgan fingerprint density at radius 1 is 0.875 bits per heavy atom. The van der Waals surface area contributed by atoms with E-state index >= 15 is 0 Å². The molecule has 1 saturated heterocycles. The smallest absolute Gasteiger partial charge is 0.121 e. The lowest BCUT2D eigenvalue weighted by Gasteiger charge is -2.40. The predicted octanol–water partition coefficient (Wildman–Crippen LogP) is 2.54. The largest absolute Gasteiger partial charge is 0.394 e. The third kappa shape index (κ3) is 5.13. The number of aliphatic hydroxyl groups is 4. The van der Waals surface area contributed by atoms with Crippen LogP contribution in [0.1, 0.15) is 32.8 Å². The fourth-order valence-electron chi connectivity index (χ4n) is 3.66. The maximum Gasteiger partial charge on any atom is 0.121 e. The van der Waals surface area contributed by atoms with Crippen molar-refractivity contribution in [3.8, 4) is 0 Å². The van der Waals surface area contributed by atoms with Crippen LogP contribution in [0.2, 0.25) is 10.0 Å². The number of aromatic nitrogens is 2. The van der Waals surface area contributed by atoms with Crippen LogP contribution in [-0.2, 0) is 17.6 Å². The molecule has 0 saturated carbocycles. The highest BCUT2D eigenvalue weighted by atomic mass is 35.5. The highest BCUT2D eigenvalue weighted by Gasteiger charge is 2.44. The molecule has 4 rings (SSSR count). The maximum atomic E-state index is 10.4. The zero-order chi connectivity index (χ0) is 22.8. The highest BCUT2D eigenvalue weighted by molar-refractivity contribution is 7.11. The summed E-state index contributed by atoms with van der Waals surface area (Å²) in [6, 6.07) is 12.7. The van der Waals surface area contributed by atoms with Gasteiger partial charge >= 0.3 is 0 Å². The van der Waals surface area contributed by atoms with Gasteiger partial charge in [-0.05, 0) is 34.9 Å². The fraction of sp³-hybridized carbons (Fsp3) is 0.364. The van der Waals surface area contributed by atoms with Gasteiger partial charge in [0.15, 0.2) is 0 Å². The molecule has 0 bridgehead atoms. The van der Waals surface area contributed by atoms with E-state index in [-0.39, 0.29) is 0 Å². The lowest BCUT2D eigenvalue weighted by atomic mass is 9.90. The highest BCUT2D eigenvalue weighted by Crippen LogP contribution is 2.34. The summed E-state index contributed by atoms with van der Waals surface area (Å²) in [6.45, 7) is -0.483. The predicted molar refractivity (Wildman–Crippen MR) is 121 cm³/mol. The van der Waals surface area contributed by atoms with Gasteiger partial charge in [0.1, 0.15) is 40.5 Å². The van der Waals surface area contributed by atoms with E-state index in [9.17, 15) is 20.4 Å². The SMILES string of the molecule is OC[C@H]1OC(c2ccc(Cl)c(Cc3nnc(Cc4ccc(Cl)cc4)s3)c2)[C@H](O)[C@@H](O)[C@@H]1O. The normalized spacial score (nSPS) is 25.8. The van der Waals surface area contributed by atoms with Crippen LogP contribution in [0, 0.1) is 0 Å². The maximum absolute atomic E-state index is 10.4. The summed E-state index contributed by atoms with van der Waals surface area (Å²) in [5.74, 6) is 0. The Labute approximate surface area is 198 Å². The standard InChI is InChI=1S/C22H22Cl2N2O5S/c23-14-4-1-11(2-5-14)7-17-25-26-18(32-17)9-13-8-12(3-6-15(13)24)22-21(30)20(29)19(28)16(10-27)31-22/h1-6,8,16,19-22,27-30H,7,9-10H2/t16-,19-,20+,21-,22?/m1/s1. The third-order valence-electron chi connectivity index (χ3n) is 5.41. The molecule has 1 unspecified atom stereocenters. The average Bonchev–Trinajstić information content (AvgIpc) is 3.22. The summed E-state index contributed by atoms with van der Waals surface area (Å²) in [6.07, 6.45) is -5.01. The molecule has 4 N–H and O–H groups in total. The van der Waals surface area contributed by atoms with Crippen molar-refractivity contribution in [3.63, 3.8) is 0 Å². The van der Waals surface area contributed by atoms with Gasteiger partial charge in [-0.1, -0.05) is 47.5 Å². The van der Waals surface area contributed by atoms with Crippen LogP contribution in [0.15, 0.2) is 42.5 Å². The first-order valence-electron chi connectivity index (χ1n) is 10.00. The summed E-state index contributed by atoms with van der Waals surface area (Å²) >= 11 is 13.8. The van der Waals surface area contributed by atoms with Crippen molar-refractivity contribution in [2.24, 2.45) is 0 Å². The topological polar surface area (TPSA) is 116 Å². The van der Waals surface area contributed by atoms with Crippen LogP contribution in [-0.4, -0.2) is 61.6 Å². The zero-order valence-corrected chi connectivity index (χ0v) is 19.1. The molecular formula is C22H22Cl2N2O5S. The Balaban J connectivity index is 1.51. The minimum absolute atomic E-state index is 0.433. The quantitative estimate of drug-likeness (QED) is 0.414. The number of benzene rings is 2. The van der Waals surface area contributed by atoms with E-state index < -0.39 is 37.1 Å². The zero-order valence-electron chi connectivity index (χ0n) is 16.8. The minimum atomic E-state index is -1.44. The Bertz CT molecular complexity index is 1060. The molecule has 2 heterocycles. The van der Waals surface area contributed by atoms with Gasteiger partial charge in [0, 0.05) is 22.9 Å². The van der Waals surface area contributed by atoms with Gasteiger partial charge in [-0.2, -0.15) is 0 Å². The molecule has 3 aromatic rings. The van der Waals surface area contributed by atoms with Gasteiger partial charge in [-0.3, -0.25) is 0 Å². The molecule has 0 amide bonds. The molecule has 1 aliphatic rings. The summed E-state index contributed by atoms with van der Waals surface area (Å²) < 4.78 is 5.65. The first kappa shape index (κ1) is 23.5. The molecule has 1 aromatic heterocycles. The molecule has 7 nitrogen and oxygen atoms in total. The molecule has 5 atom stereocenters. The Hall–Kier alpha value is -1.62. The number of rotatable bonds is 6. The van der Waals surface area contributed by atoms with E-state index in [1.807, 2.05) is 24.3 Å². The van der Waals surface area contributed by atoms with Gasteiger partial charge in [0.2, 0.25) is 0 Å². The Morgan fingerprint density at radius 3 is 2.25 bits per heavy atom. The van der Waals surface area contributed by atoms with Crippen LogP contribution in [0.5, 0.6) is 0 Å². The number of ether oxygens (including phenoxy) is 1. The van der Waals surface area contributed by atoms with Crippen molar-refractivity contribution in [2.75, 3.05) is 6.61 Å². The second kappa shape index (κ2) is 10.1. The number of aliphatic hydroxyl groups excluding tert-OH is 4. The fourth-order valence-corrected chi connectivity index (χ4v) is 4.87. The molecule has 0 radical (unpaired) electrons. The molecule has 1 fully saturated rings. The van der Waals surface area contributed by atoms with E-state index in [0.717, 1.165) is 21.1 Å². The van der Waals surface area contributed by atoms with Crippen LogP contribution < -0.4 is 0 Å². The first-order chi connectivity index (χ1) is 15.4. The number of nitrogens with zero attached hydrogens (tertiary/aromatic N) is 2. The third-order valence-corrected chi connectivity index (χ3v) is 6.95. The second-order valence-electron chi connectivity index (χ2n) is 7.67. The van der Waals surface area contributed by atoms with Crippen molar-refractivity contribution in [3.05, 3.63) is 79.2 Å². The van der Waals surface area contributed by atoms with Crippen molar-refractivity contribution in [1.82, 2.24) is 10.2 Å². The van der Waals surface area contributed by atoms with Crippen LogP contribution in [0.25, 0.3) is 0 Å². The van der Waals surface area contributed by atoms with Gasteiger partial charge in [0.05, 0.1) is 6.61 Å². The number of halogens is 2. The van der Waals surface area contributed by atoms with Gasteiger partial charge in [-0.25, -0.2) is 0 Å². The molecular weight excluding hydrogens is 475 g/mol. The first-order valence-corrected chi connectivity index (χ1v) is 11.6. The lowest BCUT2D eigenvalue weighted by molar-refractivity contribution is -0.231. The number of hydrogen-bond donors (Lipinski definition) is 4. The van der Waals surface area contributed by atoms with Crippen molar-refractivity contribution in [2.45, 2.75) is 43.4 Å². The van der Waals surface area contributed by atoms with Gasteiger partial charge < -0.3 is 25.2 Å². The molecule has 1 aliphatic heterocycles. The summed E-state index contributed by atoms with van der Waals surface area (Å²) in [5, 5.41) is 51.3. The van der Waals surface area contributed by atoms with E-state index in [4.69, 9.17) is 27.9 Å². The Morgan fingerprint density at radius 2 is 1.56 bits per heavy atom. The molecule has 2 aromatic carbocycles. The molecule has 170 valence electrons. The lowest BCUT2D eigenvalue weighted by Crippen LogP contribution is -2.55. The average molecular weight is 497 g/mol. The Kier molecular flexibility index (Phi) is 7.44. The van der Waals surface area contributed by atoms with Crippen LogP contribution in [0.4, 0.5) is 0 Å². The van der Waals surface area contributed by atoms with E-state index in [1.54, 1.807) is 18.2 Å². The van der Waals surface area contributed by atoms with Crippen LogP contribution >= 0.6 is 34.5 Å².